The normalized spacial score (nSPS) is 24.4. The van der Waals surface area contributed by atoms with Gasteiger partial charge in [-0.3, -0.25) is 4.79 Å². The average molecular weight is 185 g/mol. The Kier molecular flexibility index (Phi) is 3.45. The van der Waals surface area contributed by atoms with E-state index in [1.807, 2.05) is 13.8 Å². The molecular weight excluding hydrogens is 166 g/mol. The van der Waals surface area contributed by atoms with Crippen molar-refractivity contribution in [3.63, 3.8) is 0 Å². The van der Waals surface area contributed by atoms with Crippen LogP contribution in [0.4, 0.5) is 0 Å². The SMILES string of the molecule is CCNC(C)C1(O)CCC(=O)CC1. The molecule has 1 unspecified atom stereocenters. The predicted molar refractivity (Wildman–Crippen MR) is 51.6 cm³/mol. The first-order valence-corrected chi connectivity index (χ1v) is 5.06. The third kappa shape index (κ3) is 2.51. The van der Waals surface area contributed by atoms with E-state index in [2.05, 4.69) is 5.32 Å². The summed E-state index contributed by atoms with van der Waals surface area (Å²) in [7, 11) is 0. The van der Waals surface area contributed by atoms with Crippen molar-refractivity contribution >= 4 is 5.78 Å². The van der Waals surface area contributed by atoms with E-state index in [1.54, 1.807) is 0 Å². The highest BCUT2D eigenvalue weighted by Crippen LogP contribution is 2.29. The van der Waals surface area contributed by atoms with Gasteiger partial charge >= 0.3 is 0 Å². The number of Topliss-reactive ketones (excluding diaryl/α,β-unsaturated/α-hetero) is 1. The van der Waals surface area contributed by atoms with Crippen LogP contribution < -0.4 is 5.32 Å². The molecule has 1 saturated carbocycles. The summed E-state index contributed by atoms with van der Waals surface area (Å²) in [6, 6.07) is 0.0885. The molecule has 0 heterocycles. The lowest BCUT2D eigenvalue weighted by Gasteiger charge is -2.37. The Morgan fingerprint density at radius 2 is 2.08 bits per heavy atom. The second-order valence-electron chi connectivity index (χ2n) is 3.92. The van der Waals surface area contributed by atoms with Crippen LogP contribution in [0.15, 0.2) is 0 Å². The highest BCUT2D eigenvalue weighted by atomic mass is 16.3. The lowest BCUT2D eigenvalue weighted by molar-refractivity contribution is -0.126. The fourth-order valence-electron chi connectivity index (χ4n) is 1.89. The second-order valence-corrected chi connectivity index (χ2v) is 3.92. The summed E-state index contributed by atoms with van der Waals surface area (Å²) in [5.41, 5.74) is -0.663. The molecule has 1 aliphatic rings. The summed E-state index contributed by atoms with van der Waals surface area (Å²) >= 11 is 0. The van der Waals surface area contributed by atoms with Gasteiger partial charge < -0.3 is 10.4 Å². The van der Waals surface area contributed by atoms with Crippen molar-refractivity contribution in [1.29, 1.82) is 0 Å². The van der Waals surface area contributed by atoms with E-state index in [9.17, 15) is 9.90 Å². The van der Waals surface area contributed by atoms with Crippen LogP contribution in [0.2, 0.25) is 0 Å². The van der Waals surface area contributed by atoms with Gasteiger partial charge in [0.1, 0.15) is 5.78 Å². The fraction of sp³-hybridized carbons (Fsp3) is 0.900. The van der Waals surface area contributed by atoms with Crippen molar-refractivity contribution in [2.45, 2.75) is 51.2 Å². The molecule has 2 N–H and O–H groups in total. The monoisotopic (exact) mass is 185 g/mol. The zero-order valence-corrected chi connectivity index (χ0v) is 8.47. The lowest BCUT2D eigenvalue weighted by Crippen LogP contribution is -2.51. The number of hydrogen-bond acceptors (Lipinski definition) is 3. The van der Waals surface area contributed by atoms with Crippen molar-refractivity contribution in [1.82, 2.24) is 5.32 Å². The zero-order chi connectivity index (χ0) is 9.90. The summed E-state index contributed by atoms with van der Waals surface area (Å²) in [4.78, 5) is 11.0. The van der Waals surface area contributed by atoms with Gasteiger partial charge in [-0.05, 0) is 26.3 Å². The maximum absolute atomic E-state index is 11.0. The van der Waals surface area contributed by atoms with Crippen molar-refractivity contribution in [3.8, 4) is 0 Å². The molecule has 0 aliphatic heterocycles. The van der Waals surface area contributed by atoms with Crippen LogP contribution in [-0.4, -0.2) is 29.1 Å². The molecule has 0 bridgehead atoms. The number of carbonyl (C=O) groups excluding carboxylic acids is 1. The minimum absolute atomic E-state index is 0.0885. The second kappa shape index (κ2) is 4.20. The molecule has 0 aromatic carbocycles. The van der Waals surface area contributed by atoms with Crippen LogP contribution in [0, 0.1) is 0 Å². The summed E-state index contributed by atoms with van der Waals surface area (Å²) in [6.07, 6.45) is 2.29. The molecule has 0 aromatic rings. The Balaban J connectivity index is 2.50. The van der Waals surface area contributed by atoms with Crippen molar-refractivity contribution in [3.05, 3.63) is 0 Å². The Morgan fingerprint density at radius 3 is 2.54 bits per heavy atom. The number of nitrogens with one attached hydrogen (secondary N) is 1. The molecule has 3 heteroatoms. The molecule has 3 nitrogen and oxygen atoms in total. The molecule has 13 heavy (non-hydrogen) atoms. The first kappa shape index (κ1) is 10.7. The standard InChI is InChI=1S/C10H19NO2/c1-3-11-8(2)10(13)6-4-9(12)5-7-10/h8,11,13H,3-7H2,1-2H3. The summed E-state index contributed by atoms with van der Waals surface area (Å²) in [5, 5.41) is 13.4. The maximum atomic E-state index is 11.0. The Morgan fingerprint density at radius 1 is 1.54 bits per heavy atom. The molecule has 0 saturated heterocycles. The third-order valence-corrected chi connectivity index (χ3v) is 2.99. The minimum Gasteiger partial charge on any atom is -0.388 e. The van der Waals surface area contributed by atoms with E-state index in [-0.39, 0.29) is 11.8 Å². The smallest absolute Gasteiger partial charge is 0.133 e. The van der Waals surface area contributed by atoms with Crippen molar-refractivity contribution in [2.24, 2.45) is 0 Å². The maximum Gasteiger partial charge on any atom is 0.133 e. The molecule has 1 atom stereocenters. The lowest BCUT2D eigenvalue weighted by atomic mass is 9.79. The van der Waals surface area contributed by atoms with E-state index >= 15 is 0 Å². The van der Waals surface area contributed by atoms with Gasteiger partial charge in [0.15, 0.2) is 0 Å². The van der Waals surface area contributed by atoms with E-state index in [0.29, 0.717) is 25.7 Å². The van der Waals surface area contributed by atoms with Gasteiger partial charge in [0, 0.05) is 18.9 Å². The first-order valence-electron chi connectivity index (χ1n) is 5.06. The van der Waals surface area contributed by atoms with Crippen LogP contribution >= 0.6 is 0 Å². The summed E-state index contributed by atoms with van der Waals surface area (Å²) < 4.78 is 0. The summed E-state index contributed by atoms with van der Waals surface area (Å²) in [6.45, 7) is 4.87. The van der Waals surface area contributed by atoms with Crippen LogP contribution in [0.3, 0.4) is 0 Å². The van der Waals surface area contributed by atoms with Crippen LogP contribution in [-0.2, 0) is 4.79 Å². The average Bonchev–Trinajstić information content (AvgIpc) is 2.11. The van der Waals surface area contributed by atoms with E-state index < -0.39 is 5.60 Å². The van der Waals surface area contributed by atoms with Crippen LogP contribution in [0.25, 0.3) is 0 Å². The minimum atomic E-state index is -0.663. The highest BCUT2D eigenvalue weighted by molar-refractivity contribution is 5.79. The highest BCUT2D eigenvalue weighted by Gasteiger charge is 2.36. The van der Waals surface area contributed by atoms with Gasteiger partial charge in [-0.1, -0.05) is 6.92 Å². The van der Waals surface area contributed by atoms with Crippen molar-refractivity contribution in [2.75, 3.05) is 6.54 Å². The Bertz CT molecular complexity index is 181. The molecule has 1 aliphatic carbocycles. The van der Waals surface area contributed by atoms with Gasteiger partial charge in [-0.15, -0.1) is 0 Å². The van der Waals surface area contributed by atoms with Crippen molar-refractivity contribution < 1.29 is 9.90 Å². The molecule has 0 aromatic heterocycles. The molecule has 0 amide bonds. The molecule has 76 valence electrons. The number of ketones is 1. The molecule has 0 radical (unpaired) electrons. The fourth-order valence-corrected chi connectivity index (χ4v) is 1.89. The van der Waals surface area contributed by atoms with Gasteiger partial charge in [0.2, 0.25) is 0 Å². The van der Waals surface area contributed by atoms with E-state index in [1.165, 1.54) is 0 Å². The topological polar surface area (TPSA) is 49.3 Å². The molecule has 1 rings (SSSR count). The Labute approximate surface area is 79.5 Å². The quantitative estimate of drug-likeness (QED) is 0.685. The number of aliphatic hydroxyl groups is 1. The number of hydrogen-bond donors (Lipinski definition) is 2. The Hall–Kier alpha value is -0.410. The van der Waals surface area contributed by atoms with Gasteiger partial charge in [-0.2, -0.15) is 0 Å². The van der Waals surface area contributed by atoms with Gasteiger partial charge in [0.05, 0.1) is 5.60 Å². The largest absolute Gasteiger partial charge is 0.388 e. The number of likely N-dealkylation sites (N-methyl/N-ethyl adjacent to an activating group) is 1. The molecule has 1 fully saturated rings. The molecule has 0 spiro atoms. The number of rotatable bonds is 3. The van der Waals surface area contributed by atoms with Crippen LogP contribution in [0.5, 0.6) is 0 Å². The third-order valence-electron chi connectivity index (χ3n) is 2.99. The summed E-state index contributed by atoms with van der Waals surface area (Å²) in [5.74, 6) is 0.286. The van der Waals surface area contributed by atoms with E-state index in [4.69, 9.17) is 0 Å². The van der Waals surface area contributed by atoms with Gasteiger partial charge in [0.25, 0.3) is 0 Å². The number of carbonyl (C=O) groups is 1. The molecular formula is C10H19NO2. The predicted octanol–water partition coefficient (Wildman–Crippen LogP) is 0.859. The van der Waals surface area contributed by atoms with E-state index in [0.717, 1.165) is 6.54 Å². The van der Waals surface area contributed by atoms with Gasteiger partial charge in [-0.25, -0.2) is 0 Å². The van der Waals surface area contributed by atoms with Crippen LogP contribution in [0.1, 0.15) is 39.5 Å². The zero-order valence-electron chi connectivity index (χ0n) is 8.47. The first-order chi connectivity index (χ1) is 6.08.